The lowest BCUT2D eigenvalue weighted by Crippen LogP contribution is -2.51. The zero-order chi connectivity index (χ0) is 21.3. The number of aliphatic hydroxyl groups excluding tert-OH is 1. The average molecular weight is 412 g/mol. The first-order chi connectivity index (χ1) is 14.2. The Labute approximate surface area is 182 Å². The Kier molecular flexibility index (Phi) is 5.08. The van der Waals surface area contributed by atoms with Gasteiger partial charge in [0.15, 0.2) is 0 Å². The molecule has 3 saturated carbocycles. The van der Waals surface area contributed by atoms with Gasteiger partial charge in [-0.15, -0.1) is 0 Å². The summed E-state index contributed by atoms with van der Waals surface area (Å²) in [6.45, 7) is 10.2. The first-order valence-electron chi connectivity index (χ1n) is 12.7. The maximum Gasteiger partial charge on any atom is 0.143 e. The van der Waals surface area contributed by atoms with Crippen LogP contribution in [0, 0.1) is 46.3 Å². The van der Waals surface area contributed by atoms with Crippen LogP contribution in [0.1, 0.15) is 85.5 Å². The number of rotatable bonds is 2. The smallest absolute Gasteiger partial charge is 0.143 e. The molecule has 166 valence electrons. The van der Waals surface area contributed by atoms with Crippen LogP contribution in [0.2, 0.25) is 0 Å². The normalized spacial score (nSPS) is 49.4. The Morgan fingerprint density at radius 2 is 1.93 bits per heavy atom. The lowest BCUT2D eigenvalue weighted by atomic mass is 9.47. The Hall–Kier alpha value is -0.960. The summed E-state index contributed by atoms with van der Waals surface area (Å²) in [6.07, 6.45) is 12.6. The zero-order valence-electron chi connectivity index (χ0n) is 19.5. The highest BCUT2D eigenvalue weighted by atomic mass is 16.3. The number of aliphatic hydroxyl groups is 1. The van der Waals surface area contributed by atoms with E-state index in [9.17, 15) is 9.90 Å². The lowest BCUT2D eigenvalue weighted by Gasteiger charge is -2.58. The number of nitrogens with zero attached hydrogens (tertiary/aromatic N) is 1. The first-order valence-corrected chi connectivity index (χ1v) is 12.7. The minimum Gasteiger partial charge on any atom is -0.393 e. The number of Topliss-reactive ketones (excluding diaryl/α,β-unsaturated/α-hetero) is 1. The minimum atomic E-state index is -0.117. The number of hydrogen-bond acceptors (Lipinski definition) is 3. The van der Waals surface area contributed by atoms with Crippen molar-refractivity contribution >= 4 is 11.5 Å². The number of aliphatic imine (C=N–C) groups is 1. The molecule has 0 saturated heterocycles. The van der Waals surface area contributed by atoms with E-state index in [4.69, 9.17) is 4.99 Å². The molecule has 0 aromatic heterocycles. The van der Waals surface area contributed by atoms with Gasteiger partial charge in [0.25, 0.3) is 0 Å². The van der Waals surface area contributed by atoms with Gasteiger partial charge in [-0.2, -0.15) is 0 Å². The van der Waals surface area contributed by atoms with Crippen molar-refractivity contribution in [3.63, 3.8) is 0 Å². The summed E-state index contributed by atoms with van der Waals surface area (Å²) in [5, 5.41) is 10.2. The molecule has 0 aromatic rings. The van der Waals surface area contributed by atoms with Crippen LogP contribution in [0.5, 0.6) is 0 Å². The van der Waals surface area contributed by atoms with E-state index < -0.39 is 0 Å². The van der Waals surface area contributed by atoms with Gasteiger partial charge in [-0.05, 0) is 91.8 Å². The van der Waals surface area contributed by atoms with Gasteiger partial charge in [-0.1, -0.05) is 39.3 Å². The van der Waals surface area contributed by atoms with Gasteiger partial charge >= 0.3 is 0 Å². The summed E-state index contributed by atoms with van der Waals surface area (Å²) >= 11 is 0. The molecule has 0 bridgehead atoms. The molecular formula is C27H41NO2. The van der Waals surface area contributed by atoms with Gasteiger partial charge in [0.1, 0.15) is 5.78 Å². The third-order valence-corrected chi connectivity index (χ3v) is 10.8. The molecule has 3 heteroatoms. The second-order valence-corrected chi connectivity index (χ2v) is 12.0. The van der Waals surface area contributed by atoms with Gasteiger partial charge in [0.05, 0.1) is 6.10 Å². The van der Waals surface area contributed by atoms with Crippen LogP contribution in [0.3, 0.4) is 0 Å². The van der Waals surface area contributed by atoms with Gasteiger partial charge < -0.3 is 5.11 Å². The van der Waals surface area contributed by atoms with Gasteiger partial charge in [0, 0.05) is 24.6 Å². The molecule has 9 unspecified atom stereocenters. The molecule has 1 heterocycles. The predicted octanol–water partition coefficient (Wildman–Crippen LogP) is 5.61. The molecule has 30 heavy (non-hydrogen) atoms. The largest absolute Gasteiger partial charge is 0.393 e. The number of fused-ring (bicyclic) bond motifs is 5. The van der Waals surface area contributed by atoms with Crippen LogP contribution in [0.15, 0.2) is 16.6 Å². The SMILES string of the molecule is CC1CN=C(C(C)C2CCC3C4CC=C5CC(O)CCC5(C)C4CCC23C)CC1=O. The highest BCUT2D eigenvalue weighted by Crippen LogP contribution is 2.67. The molecule has 4 aliphatic carbocycles. The fraction of sp³-hybridized carbons (Fsp3) is 0.852. The Morgan fingerprint density at radius 1 is 1.13 bits per heavy atom. The lowest BCUT2D eigenvalue weighted by molar-refractivity contribution is -0.121. The molecule has 3 fully saturated rings. The Balaban J connectivity index is 1.39. The van der Waals surface area contributed by atoms with E-state index >= 15 is 0 Å². The molecule has 0 aromatic carbocycles. The standard InChI is InChI=1S/C27H41NO2/c1-16-15-28-24(14-25(16)30)17(2)21-7-8-22-20-6-5-18-13-19(29)9-11-26(18,3)23(20)10-12-27(21,22)4/h5,16-17,19-23,29H,6-15H2,1-4H3. The molecule has 1 aliphatic heterocycles. The molecular weight excluding hydrogens is 370 g/mol. The number of carbonyl (C=O) groups excluding carboxylic acids is 1. The molecule has 5 rings (SSSR count). The maximum absolute atomic E-state index is 12.4. The molecule has 5 aliphatic rings. The molecule has 0 spiro atoms. The highest BCUT2D eigenvalue weighted by molar-refractivity contribution is 6.05. The Morgan fingerprint density at radius 3 is 2.70 bits per heavy atom. The first kappa shape index (κ1) is 20.9. The van der Waals surface area contributed by atoms with Gasteiger partial charge in [-0.3, -0.25) is 9.79 Å². The van der Waals surface area contributed by atoms with Gasteiger partial charge in [0.2, 0.25) is 0 Å². The van der Waals surface area contributed by atoms with Crippen LogP contribution in [0.25, 0.3) is 0 Å². The summed E-state index contributed by atoms with van der Waals surface area (Å²) in [5.74, 6) is 4.04. The number of hydrogen-bond donors (Lipinski definition) is 1. The van der Waals surface area contributed by atoms with E-state index in [1.165, 1.54) is 44.2 Å². The van der Waals surface area contributed by atoms with Crippen molar-refractivity contribution in [3.8, 4) is 0 Å². The second-order valence-electron chi connectivity index (χ2n) is 12.0. The van der Waals surface area contributed by atoms with Crippen molar-refractivity contribution in [2.75, 3.05) is 6.54 Å². The van der Waals surface area contributed by atoms with Crippen LogP contribution in [0.4, 0.5) is 0 Å². The fourth-order valence-electron chi connectivity index (χ4n) is 8.81. The van der Waals surface area contributed by atoms with Crippen LogP contribution >= 0.6 is 0 Å². The third-order valence-electron chi connectivity index (χ3n) is 10.8. The molecule has 0 amide bonds. The maximum atomic E-state index is 12.4. The minimum absolute atomic E-state index is 0.112. The highest BCUT2D eigenvalue weighted by Gasteiger charge is 2.59. The fourth-order valence-corrected chi connectivity index (χ4v) is 8.81. The predicted molar refractivity (Wildman–Crippen MR) is 121 cm³/mol. The van der Waals surface area contributed by atoms with E-state index in [-0.39, 0.29) is 12.0 Å². The summed E-state index contributed by atoms with van der Waals surface area (Å²) < 4.78 is 0. The molecule has 3 nitrogen and oxygen atoms in total. The van der Waals surface area contributed by atoms with E-state index in [0.29, 0.717) is 41.4 Å². The number of allylic oxidation sites excluding steroid dienone is 1. The molecule has 0 radical (unpaired) electrons. The van der Waals surface area contributed by atoms with E-state index in [1.54, 1.807) is 5.57 Å². The average Bonchev–Trinajstić information content (AvgIpc) is 3.07. The van der Waals surface area contributed by atoms with E-state index in [1.807, 2.05) is 6.92 Å². The van der Waals surface area contributed by atoms with Gasteiger partial charge in [-0.25, -0.2) is 0 Å². The van der Waals surface area contributed by atoms with Crippen molar-refractivity contribution in [2.45, 2.75) is 91.6 Å². The summed E-state index contributed by atoms with van der Waals surface area (Å²) in [7, 11) is 0. The van der Waals surface area contributed by atoms with Crippen molar-refractivity contribution < 1.29 is 9.90 Å². The van der Waals surface area contributed by atoms with Crippen LogP contribution in [-0.4, -0.2) is 29.3 Å². The Bertz CT molecular complexity index is 784. The summed E-state index contributed by atoms with van der Waals surface area (Å²) in [5.41, 5.74) is 3.48. The van der Waals surface area contributed by atoms with Crippen molar-refractivity contribution in [1.82, 2.24) is 0 Å². The molecule has 1 N–H and O–H groups in total. The topological polar surface area (TPSA) is 49.7 Å². The number of ketones is 1. The summed E-state index contributed by atoms with van der Waals surface area (Å²) in [6, 6.07) is 0. The van der Waals surface area contributed by atoms with Crippen molar-refractivity contribution in [2.24, 2.45) is 51.3 Å². The molecule has 9 atom stereocenters. The van der Waals surface area contributed by atoms with Crippen molar-refractivity contribution in [1.29, 1.82) is 0 Å². The van der Waals surface area contributed by atoms with E-state index in [2.05, 4.69) is 26.8 Å². The van der Waals surface area contributed by atoms with Crippen LogP contribution < -0.4 is 0 Å². The third kappa shape index (κ3) is 3.01. The second kappa shape index (κ2) is 7.29. The van der Waals surface area contributed by atoms with E-state index in [0.717, 1.165) is 30.6 Å². The van der Waals surface area contributed by atoms with Crippen molar-refractivity contribution in [3.05, 3.63) is 11.6 Å². The summed E-state index contributed by atoms with van der Waals surface area (Å²) in [4.78, 5) is 17.3. The van der Waals surface area contributed by atoms with Crippen LogP contribution in [-0.2, 0) is 4.79 Å². The quantitative estimate of drug-likeness (QED) is 0.600. The zero-order valence-corrected chi connectivity index (χ0v) is 19.5. The number of carbonyl (C=O) groups is 1. The monoisotopic (exact) mass is 411 g/mol.